The topological polar surface area (TPSA) is 13.7 Å². The van der Waals surface area contributed by atoms with Crippen LogP contribution in [0.5, 0.6) is 0 Å². The van der Waals surface area contributed by atoms with Crippen LogP contribution in [0, 0.1) is 13.1 Å². The van der Waals surface area contributed by atoms with Crippen molar-refractivity contribution in [3.63, 3.8) is 0 Å². The Hall–Kier alpha value is -4.60. The number of hydrogen-bond donors (Lipinski definition) is 0. The van der Waals surface area contributed by atoms with Crippen molar-refractivity contribution in [2.24, 2.45) is 0 Å². The highest BCUT2D eigenvalue weighted by Gasteiger charge is 2.17. The van der Waals surface area contributed by atoms with E-state index in [0.717, 1.165) is 16.7 Å². The van der Waals surface area contributed by atoms with Crippen molar-refractivity contribution < 1.29 is 0 Å². The first kappa shape index (κ1) is 17.3. The van der Waals surface area contributed by atoms with E-state index in [0.29, 0.717) is 11.4 Å². The largest absolute Gasteiger partial charge is 0.312 e. The van der Waals surface area contributed by atoms with E-state index in [1.807, 2.05) is 12.1 Å². The SMILES string of the molecule is [C-]#[N+]c1cc([N+]#[C-])cc(-n2c3ccc4ccccc4c3c3c4ccccc4ccc32)c1. The van der Waals surface area contributed by atoms with Crippen molar-refractivity contribution in [1.29, 1.82) is 0 Å². The van der Waals surface area contributed by atoms with Crippen LogP contribution in [0.15, 0.2) is 91.0 Å². The predicted octanol–water partition coefficient (Wildman–Crippen LogP) is 8.19. The third kappa shape index (κ3) is 2.45. The number of hydrogen-bond acceptors (Lipinski definition) is 0. The van der Waals surface area contributed by atoms with Gasteiger partial charge in [-0.3, -0.25) is 0 Å². The zero-order valence-electron chi connectivity index (χ0n) is 16.5. The molecule has 0 atom stereocenters. The quantitative estimate of drug-likeness (QED) is 0.250. The van der Waals surface area contributed by atoms with Crippen LogP contribution in [0.3, 0.4) is 0 Å². The highest BCUT2D eigenvalue weighted by molar-refractivity contribution is 6.28. The summed E-state index contributed by atoms with van der Waals surface area (Å²) in [6, 6.07) is 30.8. The molecular formula is C28H15N3. The molecule has 5 aromatic carbocycles. The van der Waals surface area contributed by atoms with Crippen molar-refractivity contribution in [3.05, 3.63) is 114 Å². The first-order valence-electron chi connectivity index (χ1n) is 10.0. The minimum absolute atomic E-state index is 0.472. The highest BCUT2D eigenvalue weighted by Crippen LogP contribution is 2.41. The van der Waals surface area contributed by atoms with E-state index in [-0.39, 0.29) is 0 Å². The molecule has 1 aromatic heterocycles. The van der Waals surface area contributed by atoms with Gasteiger partial charge in [0.25, 0.3) is 0 Å². The van der Waals surface area contributed by atoms with Crippen LogP contribution in [-0.4, -0.2) is 4.57 Å². The number of nitrogens with zero attached hydrogens (tertiary/aromatic N) is 3. The fourth-order valence-corrected chi connectivity index (χ4v) is 4.66. The molecule has 0 radical (unpaired) electrons. The van der Waals surface area contributed by atoms with E-state index < -0.39 is 0 Å². The summed E-state index contributed by atoms with van der Waals surface area (Å²) in [7, 11) is 0. The van der Waals surface area contributed by atoms with Gasteiger partial charge in [0.1, 0.15) is 0 Å². The van der Waals surface area contributed by atoms with Gasteiger partial charge in [-0.1, -0.05) is 66.7 Å². The van der Waals surface area contributed by atoms with Gasteiger partial charge in [0, 0.05) is 16.5 Å². The molecule has 3 nitrogen and oxygen atoms in total. The van der Waals surface area contributed by atoms with Crippen molar-refractivity contribution in [2.75, 3.05) is 0 Å². The number of aromatic nitrogens is 1. The van der Waals surface area contributed by atoms with Crippen molar-refractivity contribution >= 4 is 54.7 Å². The van der Waals surface area contributed by atoms with E-state index in [9.17, 15) is 0 Å². The summed E-state index contributed by atoms with van der Waals surface area (Å²) in [5, 5.41) is 7.18. The summed E-state index contributed by atoms with van der Waals surface area (Å²) in [4.78, 5) is 7.21. The van der Waals surface area contributed by atoms with Crippen LogP contribution in [0.25, 0.3) is 58.7 Å². The Kier molecular flexibility index (Phi) is 3.60. The second-order valence-electron chi connectivity index (χ2n) is 7.63. The van der Waals surface area contributed by atoms with Crippen molar-refractivity contribution in [3.8, 4) is 5.69 Å². The third-order valence-electron chi connectivity index (χ3n) is 5.95. The van der Waals surface area contributed by atoms with Gasteiger partial charge in [0.05, 0.1) is 24.2 Å². The van der Waals surface area contributed by atoms with Crippen LogP contribution in [0.4, 0.5) is 11.4 Å². The van der Waals surface area contributed by atoms with Crippen molar-refractivity contribution in [1.82, 2.24) is 4.57 Å². The predicted molar refractivity (Wildman–Crippen MR) is 128 cm³/mol. The first-order chi connectivity index (χ1) is 15.3. The maximum atomic E-state index is 7.49. The molecule has 0 saturated carbocycles. The van der Waals surface area contributed by atoms with Crippen LogP contribution in [-0.2, 0) is 0 Å². The van der Waals surface area contributed by atoms with Gasteiger partial charge < -0.3 is 4.57 Å². The molecule has 0 aliphatic carbocycles. The Morgan fingerprint density at radius 1 is 0.548 bits per heavy atom. The van der Waals surface area contributed by atoms with Crippen LogP contribution in [0.2, 0.25) is 0 Å². The minimum atomic E-state index is 0.472. The van der Waals surface area contributed by atoms with Gasteiger partial charge in [0.15, 0.2) is 11.4 Å². The molecule has 0 unspecified atom stereocenters. The summed E-state index contributed by atoms with van der Waals surface area (Å²) in [6.07, 6.45) is 0. The number of fused-ring (bicyclic) bond motifs is 7. The molecule has 0 bridgehead atoms. The molecule has 1 heterocycles. The van der Waals surface area contributed by atoms with Gasteiger partial charge in [0.2, 0.25) is 0 Å². The van der Waals surface area contributed by atoms with Gasteiger partial charge in [-0.15, -0.1) is 0 Å². The van der Waals surface area contributed by atoms with Gasteiger partial charge in [-0.2, -0.15) is 0 Å². The molecule has 0 N–H and O–H groups in total. The molecule has 0 fully saturated rings. The molecule has 0 saturated heterocycles. The monoisotopic (exact) mass is 393 g/mol. The zero-order chi connectivity index (χ0) is 20.9. The van der Waals surface area contributed by atoms with E-state index in [2.05, 4.69) is 87.1 Å². The molecule has 0 aliphatic rings. The molecule has 31 heavy (non-hydrogen) atoms. The fraction of sp³-hybridized carbons (Fsp3) is 0. The van der Waals surface area contributed by atoms with E-state index >= 15 is 0 Å². The van der Waals surface area contributed by atoms with E-state index in [4.69, 9.17) is 13.1 Å². The normalized spacial score (nSPS) is 11.2. The molecule has 142 valence electrons. The number of rotatable bonds is 1. The van der Waals surface area contributed by atoms with Crippen LogP contribution < -0.4 is 0 Å². The van der Waals surface area contributed by atoms with Crippen LogP contribution in [0.1, 0.15) is 0 Å². The third-order valence-corrected chi connectivity index (χ3v) is 5.95. The molecule has 6 rings (SSSR count). The fourth-order valence-electron chi connectivity index (χ4n) is 4.66. The lowest BCUT2D eigenvalue weighted by molar-refractivity contribution is 1.19. The minimum Gasteiger partial charge on any atom is -0.312 e. The number of benzene rings is 5. The average molecular weight is 393 g/mol. The molecular weight excluding hydrogens is 378 g/mol. The Bertz CT molecular complexity index is 1630. The first-order valence-corrected chi connectivity index (χ1v) is 10.0. The maximum absolute atomic E-state index is 7.49. The van der Waals surface area contributed by atoms with E-state index in [1.54, 1.807) is 6.07 Å². The molecule has 0 amide bonds. The average Bonchev–Trinajstić information content (AvgIpc) is 3.19. The zero-order valence-corrected chi connectivity index (χ0v) is 16.5. The van der Waals surface area contributed by atoms with Crippen molar-refractivity contribution in [2.45, 2.75) is 0 Å². The van der Waals surface area contributed by atoms with Crippen LogP contribution >= 0.6 is 0 Å². The standard InChI is InChI=1S/C28H15N3/c1-29-20-15-21(30-2)17-22(16-20)31-25-13-11-18-7-3-5-9-23(18)27(25)28-24-10-6-4-8-19(24)12-14-26(28)31/h3-17H. The summed E-state index contributed by atoms with van der Waals surface area (Å²) < 4.78 is 2.19. The maximum Gasteiger partial charge on any atom is 0.179 e. The molecule has 6 aromatic rings. The highest BCUT2D eigenvalue weighted by atomic mass is 15.0. The molecule has 0 spiro atoms. The van der Waals surface area contributed by atoms with Gasteiger partial charge in [-0.05, 0) is 45.8 Å². The molecule has 0 aliphatic heterocycles. The van der Waals surface area contributed by atoms with Gasteiger partial charge in [-0.25, -0.2) is 9.69 Å². The second kappa shape index (κ2) is 6.46. The lowest BCUT2D eigenvalue weighted by Gasteiger charge is -2.10. The van der Waals surface area contributed by atoms with E-state index in [1.165, 1.54) is 32.3 Å². The molecule has 3 heteroatoms. The summed E-state index contributed by atoms with van der Waals surface area (Å²) in [5.74, 6) is 0. The Balaban J connectivity index is 1.90. The lowest BCUT2D eigenvalue weighted by Crippen LogP contribution is -1.93. The Labute approximate surface area is 179 Å². The Morgan fingerprint density at radius 3 is 1.52 bits per heavy atom. The van der Waals surface area contributed by atoms with Gasteiger partial charge >= 0.3 is 0 Å². The Morgan fingerprint density at radius 2 is 1.03 bits per heavy atom. The summed E-state index contributed by atoms with van der Waals surface area (Å²) in [6.45, 7) is 15.0. The smallest absolute Gasteiger partial charge is 0.179 e. The second-order valence-corrected chi connectivity index (χ2v) is 7.63. The summed E-state index contributed by atoms with van der Waals surface area (Å²) in [5.41, 5.74) is 3.93. The lowest BCUT2D eigenvalue weighted by atomic mass is 10.00. The summed E-state index contributed by atoms with van der Waals surface area (Å²) >= 11 is 0.